The molecule has 5 aromatic rings. The van der Waals surface area contributed by atoms with Crippen LogP contribution in [0.15, 0.2) is 53.9 Å². The van der Waals surface area contributed by atoms with Crippen molar-refractivity contribution in [1.82, 2.24) is 19.5 Å². The van der Waals surface area contributed by atoms with Crippen molar-refractivity contribution >= 4 is 38.4 Å². The van der Waals surface area contributed by atoms with Crippen LogP contribution in [0.1, 0.15) is 36.7 Å². The zero-order valence-corrected chi connectivity index (χ0v) is 20.6. The molecule has 1 fully saturated rings. The van der Waals surface area contributed by atoms with Crippen LogP contribution in [0.25, 0.3) is 32.6 Å². The molecule has 5 nitrogen and oxygen atoms in total. The molecule has 1 saturated carbocycles. The van der Waals surface area contributed by atoms with Crippen LogP contribution in [0.4, 0.5) is 19.0 Å². The maximum Gasteiger partial charge on any atom is 0.416 e. The van der Waals surface area contributed by atoms with E-state index in [4.69, 9.17) is 9.97 Å². The topological polar surface area (TPSA) is 55.6 Å². The van der Waals surface area contributed by atoms with E-state index in [0.717, 1.165) is 34.2 Å². The number of nitrogens with zero attached hydrogens (tertiary/aromatic N) is 4. The normalized spacial score (nSPS) is 15.0. The molecule has 3 heterocycles. The molecule has 0 radical (unpaired) electrons. The van der Waals surface area contributed by atoms with Crippen LogP contribution >= 0.6 is 11.3 Å². The highest BCUT2D eigenvalue weighted by Crippen LogP contribution is 2.36. The van der Waals surface area contributed by atoms with Gasteiger partial charge in [0.25, 0.3) is 0 Å². The largest absolute Gasteiger partial charge is 0.416 e. The highest BCUT2D eigenvalue weighted by atomic mass is 32.1. The molecular formula is C27H24F3N5S. The summed E-state index contributed by atoms with van der Waals surface area (Å²) in [6.45, 7) is 4.34. The zero-order chi connectivity index (χ0) is 25.0. The second-order valence-electron chi connectivity index (χ2n) is 9.45. The molecule has 0 spiro atoms. The summed E-state index contributed by atoms with van der Waals surface area (Å²) >= 11 is 1.67. The standard InChI is InChI=1S/C27H24F3N5S/c1-15(18-5-6-18)31-24-23-25(33-16(2)32-24)34-26(20-7-10-22-19(13-20)11-12-36-22)35(23)14-17-3-8-21(9-4-17)27(28,29)30/h3-4,7-13,15,18H,5-6,14H2,1-2H3,(H,31,32,33)/t15-/m1/s1. The smallest absolute Gasteiger partial charge is 0.365 e. The van der Waals surface area contributed by atoms with Crippen LogP contribution in [0.5, 0.6) is 0 Å². The van der Waals surface area contributed by atoms with Crippen molar-refractivity contribution in [3.8, 4) is 11.4 Å². The Bertz CT molecular complexity index is 1560. The number of benzene rings is 2. The van der Waals surface area contributed by atoms with Crippen molar-refractivity contribution in [2.45, 2.75) is 45.5 Å². The van der Waals surface area contributed by atoms with Gasteiger partial charge in [-0.2, -0.15) is 13.2 Å². The maximum absolute atomic E-state index is 13.1. The van der Waals surface area contributed by atoms with Crippen LogP contribution in [-0.2, 0) is 12.7 Å². The van der Waals surface area contributed by atoms with Crippen molar-refractivity contribution in [1.29, 1.82) is 0 Å². The molecule has 36 heavy (non-hydrogen) atoms. The summed E-state index contributed by atoms with van der Waals surface area (Å²) in [5.74, 6) is 2.65. The lowest BCUT2D eigenvalue weighted by atomic mass is 10.1. The first-order valence-corrected chi connectivity index (χ1v) is 12.8. The average molecular weight is 508 g/mol. The Balaban J connectivity index is 1.51. The van der Waals surface area contributed by atoms with E-state index in [2.05, 4.69) is 40.8 Å². The predicted octanol–water partition coefficient (Wildman–Crippen LogP) is 7.29. The molecule has 0 aliphatic heterocycles. The molecule has 0 amide bonds. The quantitative estimate of drug-likeness (QED) is 0.262. The van der Waals surface area contributed by atoms with Gasteiger partial charge in [-0.25, -0.2) is 15.0 Å². The molecule has 0 saturated heterocycles. The first-order chi connectivity index (χ1) is 17.3. The summed E-state index contributed by atoms with van der Waals surface area (Å²) < 4.78 is 42.6. The van der Waals surface area contributed by atoms with Crippen LogP contribution < -0.4 is 5.32 Å². The number of halogens is 3. The van der Waals surface area contributed by atoms with Gasteiger partial charge in [0.05, 0.1) is 5.56 Å². The number of fused-ring (bicyclic) bond motifs is 2. The highest BCUT2D eigenvalue weighted by Gasteiger charge is 2.31. The zero-order valence-electron chi connectivity index (χ0n) is 19.8. The monoisotopic (exact) mass is 507 g/mol. The summed E-state index contributed by atoms with van der Waals surface area (Å²) in [6, 6.07) is 13.8. The molecule has 1 N–H and O–H groups in total. The molecule has 184 valence electrons. The van der Waals surface area contributed by atoms with E-state index in [1.807, 2.05) is 17.6 Å². The second kappa shape index (κ2) is 8.58. The number of hydrogen-bond acceptors (Lipinski definition) is 5. The Morgan fingerprint density at radius 1 is 1.06 bits per heavy atom. The minimum absolute atomic E-state index is 0.252. The van der Waals surface area contributed by atoms with Crippen LogP contribution in [0.2, 0.25) is 0 Å². The Hall–Kier alpha value is -3.46. The molecule has 2 aromatic carbocycles. The Labute approximate surface area is 210 Å². The van der Waals surface area contributed by atoms with Crippen LogP contribution in [-0.4, -0.2) is 25.6 Å². The molecule has 6 rings (SSSR count). The molecule has 1 aliphatic rings. The fourth-order valence-corrected chi connectivity index (χ4v) is 5.41. The first kappa shape index (κ1) is 23.0. The van der Waals surface area contributed by atoms with Crippen LogP contribution in [0.3, 0.4) is 0 Å². The number of nitrogens with one attached hydrogen (secondary N) is 1. The number of hydrogen-bond donors (Lipinski definition) is 1. The minimum Gasteiger partial charge on any atom is -0.365 e. The number of alkyl halides is 3. The molecule has 9 heteroatoms. The van der Waals surface area contributed by atoms with E-state index in [-0.39, 0.29) is 6.04 Å². The third-order valence-electron chi connectivity index (χ3n) is 6.74. The molecular weight excluding hydrogens is 483 g/mol. The van der Waals surface area contributed by atoms with Gasteiger partial charge < -0.3 is 9.88 Å². The van der Waals surface area contributed by atoms with Crippen molar-refractivity contribution in [3.05, 3.63) is 70.9 Å². The number of rotatable bonds is 6. The fraction of sp³-hybridized carbons (Fsp3) is 0.296. The second-order valence-corrected chi connectivity index (χ2v) is 10.4. The summed E-state index contributed by atoms with van der Waals surface area (Å²) in [7, 11) is 0. The third-order valence-corrected chi connectivity index (χ3v) is 7.64. The first-order valence-electron chi connectivity index (χ1n) is 11.9. The number of aryl methyl sites for hydroxylation is 1. The Kier molecular flexibility index (Phi) is 5.48. The van der Waals surface area contributed by atoms with E-state index in [9.17, 15) is 13.2 Å². The van der Waals surface area contributed by atoms with Gasteiger partial charge in [0, 0.05) is 22.8 Å². The minimum atomic E-state index is -4.37. The summed E-state index contributed by atoms with van der Waals surface area (Å²) in [5, 5.41) is 6.74. The summed E-state index contributed by atoms with van der Waals surface area (Å²) in [6.07, 6.45) is -1.99. The number of thiophene rings is 1. The van der Waals surface area contributed by atoms with Gasteiger partial charge in [0.2, 0.25) is 0 Å². The molecule has 1 atom stereocenters. The lowest BCUT2D eigenvalue weighted by Gasteiger charge is -2.17. The molecule has 3 aromatic heterocycles. The van der Waals surface area contributed by atoms with E-state index >= 15 is 0 Å². The van der Waals surface area contributed by atoms with E-state index in [1.54, 1.807) is 11.3 Å². The third kappa shape index (κ3) is 4.32. The predicted molar refractivity (Wildman–Crippen MR) is 137 cm³/mol. The molecule has 1 aliphatic carbocycles. The van der Waals surface area contributed by atoms with Gasteiger partial charge in [-0.15, -0.1) is 11.3 Å². The Morgan fingerprint density at radius 3 is 2.56 bits per heavy atom. The SMILES string of the molecule is Cc1nc(N[C@H](C)C2CC2)c2c(n1)nc(-c1ccc3sccc3c1)n2Cc1ccc(C(F)(F)F)cc1. The van der Waals surface area contributed by atoms with E-state index in [1.165, 1.54) is 29.7 Å². The summed E-state index contributed by atoms with van der Waals surface area (Å²) in [4.78, 5) is 14.3. The maximum atomic E-state index is 13.1. The van der Waals surface area contributed by atoms with Crippen molar-refractivity contribution in [2.75, 3.05) is 5.32 Å². The number of anilines is 1. The van der Waals surface area contributed by atoms with Crippen LogP contribution in [0, 0.1) is 12.8 Å². The van der Waals surface area contributed by atoms with E-state index < -0.39 is 11.7 Å². The Morgan fingerprint density at radius 2 is 1.83 bits per heavy atom. The fourth-order valence-electron chi connectivity index (χ4n) is 4.64. The van der Waals surface area contributed by atoms with Crippen molar-refractivity contribution in [3.63, 3.8) is 0 Å². The lowest BCUT2D eigenvalue weighted by molar-refractivity contribution is -0.137. The molecule has 0 unspecified atom stereocenters. The highest BCUT2D eigenvalue weighted by molar-refractivity contribution is 7.17. The van der Waals surface area contributed by atoms with E-state index in [0.29, 0.717) is 35.6 Å². The van der Waals surface area contributed by atoms with Crippen molar-refractivity contribution in [2.24, 2.45) is 5.92 Å². The van der Waals surface area contributed by atoms with Gasteiger partial charge in [-0.1, -0.05) is 12.1 Å². The number of aromatic nitrogens is 4. The van der Waals surface area contributed by atoms with Crippen molar-refractivity contribution < 1.29 is 13.2 Å². The van der Waals surface area contributed by atoms with Gasteiger partial charge >= 0.3 is 6.18 Å². The van der Waals surface area contributed by atoms with Gasteiger partial charge in [0.15, 0.2) is 11.5 Å². The lowest BCUT2D eigenvalue weighted by Crippen LogP contribution is -2.19. The van der Waals surface area contributed by atoms with Gasteiger partial charge in [-0.05, 0) is 85.3 Å². The average Bonchev–Trinajstić information content (AvgIpc) is 3.48. The van der Waals surface area contributed by atoms with Gasteiger partial charge in [0.1, 0.15) is 17.2 Å². The van der Waals surface area contributed by atoms with Gasteiger partial charge in [-0.3, -0.25) is 0 Å². The summed E-state index contributed by atoms with van der Waals surface area (Å²) in [5.41, 5.74) is 2.32. The number of imidazole rings is 1. The molecule has 0 bridgehead atoms.